The van der Waals surface area contributed by atoms with E-state index in [0.717, 1.165) is 56.7 Å². The zero-order valence-electron chi connectivity index (χ0n) is 18.6. The number of nitrogens with zero attached hydrogens (tertiary/aromatic N) is 4. The van der Waals surface area contributed by atoms with Gasteiger partial charge in [-0.2, -0.15) is 0 Å². The van der Waals surface area contributed by atoms with Crippen molar-refractivity contribution >= 4 is 11.6 Å². The minimum Gasteiger partial charge on any atom is -0.334 e. The molecule has 5 rings (SSSR count). The van der Waals surface area contributed by atoms with Crippen molar-refractivity contribution in [3.63, 3.8) is 0 Å². The van der Waals surface area contributed by atoms with E-state index < -0.39 is 0 Å². The summed E-state index contributed by atoms with van der Waals surface area (Å²) in [5.74, 6) is 0.321. The van der Waals surface area contributed by atoms with Crippen molar-refractivity contribution in [2.75, 3.05) is 6.54 Å². The first kappa shape index (κ1) is 20.3. The molecule has 4 heterocycles. The van der Waals surface area contributed by atoms with E-state index in [4.69, 9.17) is 4.98 Å². The highest BCUT2D eigenvalue weighted by Gasteiger charge is 2.40. The lowest BCUT2D eigenvalue weighted by Crippen LogP contribution is -2.48. The van der Waals surface area contributed by atoms with Crippen LogP contribution in [0.3, 0.4) is 0 Å². The second kappa shape index (κ2) is 8.46. The van der Waals surface area contributed by atoms with Crippen molar-refractivity contribution in [1.82, 2.24) is 19.2 Å². The number of likely N-dealkylation sites (tertiary alicyclic amines) is 2. The Morgan fingerprint density at radius 2 is 1.84 bits per heavy atom. The maximum Gasteiger partial charge on any atom is 0.223 e. The van der Waals surface area contributed by atoms with Crippen molar-refractivity contribution in [2.24, 2.45) is 0 Å². The van der Waals surface area contributed by atoms with Crippen LogP contribution in [0.15, 0.2) is 48.7 Å². The lowest BCUT2D eigenvalue weighted by Gasteiger charge is -2.37. The molecule has 0 spiro atoms. The summed E-state index contributed by atoms with van der Waals surface area (Å²) >= 11 is 0. The molecule has 2 atom stereocenters. The zero-order valence-corrected chi connectivity index (χ0v) is 18.6. The SMILES string of the molecule is Cc1ccn2c(CN3CC[C@H]4[C@H]3CCCCC(=O)N4Cc3ccccc3)c(C)nc2c1. The van der Waals surface area contributed by atoms with Crippen molar-refractivity contribution in [2.45, 2.75) is 71.1 Å². The zero-order chi connectivity index (χ0) is 21.4. The third-order valence-electron chi connectivity index (χ3n) is 7.12. The van der Waals surface area contributed by atoms with Crippen molar-refractivity contribution in [3.8, 4) is 0 Å². The Balaban J connectivity index is 1.41. The number of amides is 1. The molecule has 162 valence electrons. The smallest absolute Gasteiger partial charge is 0.223 e. The van der Waals surface area contributed by atoms with Gasteiger partial charge in [-0.3, -0.25) is 9.69 Å². The highest BCUT2D eigenvalue weighted by molar-refractivity contribution is 5.76. The van der Waals surface area contributed by atoms with E-state index in [1.807, 2.05) is 6.07 Å². The van der Waals surface area contributed by atoms with Crippen molar-refractivity contribution in [3.05, 3.63) is 71.2 Å². The van der Waals surface area contributed by atoms with E-state index in [-0.39, 0.29) is 0 Å². The van der Waals surface area contributed by atoms with Gasteiger partial charge in [0.1, 0.15) is 5.65 Å². The van der Waals surface area contributed by atoms with Gasteiger partial charge < -0.3 is 9.30 Å². The molecule has 0 aliphatic carbocycles. The first-order chi connectivity index (χ1) is 15.1. The van der Waals surface area contributed by atoms with Crippen LogP contribution in [0.25, 0.3) is 5.65 Å². The molecule has 1 aromatic carbocycles. The van der Waals surface area contributed by atoms with Crippen LogP contribution in [0, 0.1) is 13.8 Å². The predicted octanol–water partition coefficient (Wildman–Crippen LogP) is 4.50. The summed E-state index contributed by atoms with van der Waals surface area (Å²) in [6.07, 6.45) is 7.18. The second-order valence-electron chi connectivity index (χ2n) is 9.22. The summed E-state index contributed by atoms with van der Waals surface area (Å²) in [7, 11) is 0. The van der Waals surface area contributed by atoms with Gasteiger partial charge in [0, 0.05) is 44.3 Å². The number of rotatable bonds is 4. The van der Waals surface area contributed by atoms with E-state index in [0.29, 0.717) is 24.4 Å². The molecular weight excluding hydrogens is 384 g/mol. The van der Waals surface area contributed by atoms with Gasteiger partial charge in [-0.15, -0.1) is 0 Å². The molecular formula is C26H32N4O. The molecule has 5 nitrogen and oxygen atoms in total. The summed E-state index contributed by atoms with van der Waals surface area (Å²) < 4.78 is 2.24. The van der Waals surface area contributed by atoms with Crippen LogP contribution in [-0.4, -0.2) is 43.7 Å². The molecule has 1 amide bonds. The first-order valence-corrected chi connectivity index (χ1v) is 11.6. The van der Waals surface area contributed by atoms with Gasteiger partial charge in [0.25, 0.3) is 0 Å². The number of fused-ring (bicyclic) bond motifs is 2. The second-order valence-corrected chi connectivity index (χ2v) is 9.22. The van der Waals surface area contributed by atoms with Crippen LogP contribution in [0.2, 0.25) is 0 Å². The molecule has 2 aromatic heterocycles. The van der Waals surface area contributed by atoms with Gasteiger partial charge in [0.2, 0.25) is 5.91 Å². The lowest BCUT2D eigenvalue weighted by molar-refractivity contribution is -0.135. The van der Waals surface area contributed by atoms with Gasteiger partial charge in [-0.1, -0.05) is 36.8 Å². The molecule has 3 aromatic rings. The summed E-state index contributed by atoms with van der Waals surface area (Å²) in [5, 5.41) is 0. The average Bonchev–Trinajstić information content (AvgIpc) is 3.29. The number of hydrogen-bond acceptors (Lipinski definition) is 3. The number of pyridine rings is 1. The Kier molecular flexibility index (Phi) is 5.53. The van der Waals surface area contributed by atoms with Gasteiger partial charge in [-0.05, 0) is 56.4 Å². The van der Waals surface area contributed by atoms with E-state index >= 15 is 0 Å². The molecule has 0 bridgehead atoms. The number of benzene rings is 1. The van der Waals surface area contributed by atoms with Crippen molar-refractivity contribution < 1.29 is 4.79 Å². The van der Waals surface area contributed by atoms with Gasteiger partial charge in [-0.25, -0.2) is 4.98 Å². The number of aryl methyl sites for hydroxylation is 2. The van der Waals surface area contributed by atoms with E-state index in [1.165, 1.54) is 16.8 Å². The number of carbonyl (C=O) groups excluding carboxylic acids is 1. The molecule has 0 N–H and O–H groups in total. The lowest BCUT2D eigenvalue weighted by atomic mass is 9.96. The summed E-state index contributed by atoms with van der Waals surface area (Å²) in [6, 6.07) is 15.5. The topological polar surface area (TPSA) is 40.9 Å². The molecule has 2 saturated heterocycles. The van der Waals surface area contributed by atoms with E-state index in [2.05, 4.69) is 70.6 Å². The third-order valence-corrected chi connectivity index (χ3v) is 7.12. The molecule has 31 heavy (non-hydrogen) atoms. The fraction of sp³-hybridized carbons (Fsp3) is 0.462. The number of imidazole rings is 1. The predicted molar refractivity (Wildman–Crippen MR) is 123 cm³/mol. The van der Waals surface area contributed by atoms with Gasteiger partial charge in [0.15, 0.2) is 0 Å². The maximum absolute atomic E-state index is 13.1. The quantitative estimate of drug-likeness (QED) is 0.629. The fourth-order valence-electron chi connectivity index (χ4n) is 5.48. The monoisotopic (exact) mass is 416 g/mol. The van der Waals surface area contributed by atoms with Crippen LogP contribution in [0.1, 0.15) is 54.6 Å². The van der Waals surface area contributed by atoms with Crippen LogP contribution in [0.5, 0.6) is 0 Å². The molecule has 0 unspecified atom stereocenters. The minimum absolute atomic E-state index is 0.301. The van der Waals surface area contributed by atoms with Crippen LogP contribution >= 0.6 is 0 Å². The highest BCUT2D eigenvalue weighted by Crippen LogP contribution is 2.32. The average molecular weight is 417 g/mol. The number of hydrogen-bond donors (Lipinski definition) is 0. The Morgan fingerprint density at radius 3 is 2.68 bits per heavy atom. The standard InChI is InChI=1S/C26H32N4O/c1-19-12-15-29-24(20(2)27-25(29)16-19)18-28-14-13-23-22(28)10-6-7-11-26(31)30(23)17-21-8-4-3-5-9-21/h3-5,8-9,12,15-16,22-23H,6-7,10-11,13-14,17-18H2,1-2H3/t22-,23+/m1/s1. The van der Waals surface area contributed by atoms with Crippen LogP contribution in [-0.2, 0) is 17.9 Å². The summed E-state index contributed by atoms with van der Waals surface area (Å²) in [6.45, 7) is 6.88. The Labute approximate surface area is 184 Å². The third kappa shape index (κ3) is 3.99. The van der Waals surface area contributed by atoms with E-state index in [1.54, 1.807) is 0 Å². The Hall–Kier alpha value is -2.66. The highest BCUT2D eigenvalue weighted by atomic mass is 16.2. The molecule has 5 heteroatoms. The van der Waals surface area contributed by atoms with Crippen molar-refractivity contribution in [1.29, 1.82) is 0 Å². The van der Waals surface area contributed by atoms with Crippen LogP contribution < -0.4 is 0 Å². The first-order valence-electron chi connectivity index (χ1n) is 11.6. The Bertz CT molecular complexity index is 1070. The van der Waals surface area contributed by atoms with Gasteiger partial charge >= 0.3 is 0 Å². The molecule has 2 fully saturated rings. The molecule has 2 aliphatic rings. The number of aromatic nitrogens is 2. The Morgan fingerprint density at radius 1 is 1.00 bits per heavy atom. The largest absolute Gasteiger partial charge is 0.334 e. The minimum atomic E-state index is 0.301. The van der Waals surface area contributed by atoms with Gasteiger partial charge in [0.05, 0.1) is 11.4 Å². The van der Waals surface area contributed by atoms with E-state index in [9.17, 15) is 4.79 Å². The maximum atomic E-state index is 13.1. The fourth-order valence-corrected chi connectivity index (χ4v) is 5.48. The normalized spacial score (nSPS) is 22.5. The molecule has 0 radical (unpaired) electrons. The molecule has 0 saturated carbocycles. The number of carbonyl (C=O) groups is 1. The summed E-state index contributed by atoms with van der Waals surface area (Å²) in [4.78, 5) is 22.7. The summed E-state index contributed by atoms with van der Waals surface area (Å²) in [5.41, 5.74) is 5.87. The molecule has 2 aliphatic heterocycles. The van der Waals surface area contributed by atoms with Crippen LogP contribution in [0.4, 0.5) is 0 Å².